The number of rotatable bonds is 11. The van der Waals surface area contributed by atoms with Gasteiger partial charge in [-0.05, 0) is 122 Å². The topological polar surface area (TPSA) is 52.0 Å². The molecule has 2 aromatic carbocycles. The molecule has 4 aliphatic rings. The summed E-state index contributed by atoms with van der Waals surface area (Å²) >= 11 is 0. The van der Waals surface area contributed by atoms with Gasteiger partial charge in [-0.3, -0.25) is 0 Å². The first-order valence-electron chi connectivity index (χ1n) is 14.3. The minimum absolute atomic E-state index is 0.0271. The zero-order valence-electron chi connectivity index (χ0n) is 23.0. The first-order valence-corrected chi connectivity index (χ1v) is 14.3. The van der Waals surface area contributed by atoms with Gasteiger partial charge in [0.25, 0.3) is 0 Å². The van der Waals surface area contributed by atoms with Gasteiger partial charge < -0.3 is 11.5 Å². The third-order valence-corrected chi connectivity index (χ3v) is 9.25. The van der Waals surface area contributed by atoms with Crippen LogP contribution in [0.15, 0.2) is 24.3 Å². The second kappa shape index (κ2) is 9.37. The van der Waals surface area contributed by atoms with Gasteiger partial charge >= 0.3 is 35.5 Å². The Balaban J connectivity index is 1.40. The molecule has 0 bridgehead atoms. The number of nitrogen functional groups attached to an aromatic ring is 2. The SMILES string of the molecule is Nc1c(C2CC2)cc(C(F)(F)C(F)(F)C(F)(F)C(F)(F)C(F)(F)C(F)(F)c2cc(C3CC3)c(N)c(C3CC3)c2)cc1C1CC1. The Morgan fingerprint density at radius 2 is 0.591 bits per heavy atom. The molecule has 0 aliphatic heterocycles. The van der Waals surface area contributed by atoms with Gasteiger partial charge in [0.2, 0.25) is 0 Å². The van der Waals surface area contributed by atoms with Crippen LogP contribution in [0.4, 0.5) is 64.1 Å². The molecule has 0 atom stereocenters. The molecular weight excluding hydrogens is 616 g/mol. The summed E-state index contributed by atoms with van der Waals surface area (Å²) in [5, 5.41) is 0. The first kappa shape index (κ1) is 31.2. The smallest absolute Gasteiger partial charge is 0.385 e. The van der Waals surface area contributed by atoms with E-state index in [1.165, 1.54) is 0 Å². The molecule has 4 N–H and O–H groups in total. The second-order valence-electron chi connectivity index (χ2n) is 12.7. The molecule has 14 heteroatoms. The fraction of sp³-hybridized carbons (Fsp3) is 0.600. The maximum absolute atomic E-state index is 15.3. The van der Waals surface area contributed by atoms with Crippen LogP contribution in [0.3, 0.4) is 0 Å². The summed E-state index contributed by atoms with van der Waals surface area (Å²) in [4.78, 5) is 0. The second-order valence-corrected chi connectivity index (χ2v) is 12.7. The predicted molar refractivity (Wildman–Crippen MR) is 137 cm³/mol. The molecule has 2 nitrogen and oxygen atoms in total. The van der Waals surface area contributed by atoms with Crippen molar-refractivity contribution in [1.82, 2.24) is 0 Å². The van der Waals surface area contributed by atoms with Crippen molar-refractivity contribution in [2.75, 3.05) is 11.5 Å². The van der Waals surface area contributed by atoms with E-state index in [0.29, 0.717) is 75.6 Å². The van der Waals surface area contributed by atoms with Crippen LogP contribution < -0.4 is 11.5 Å². The largest absolute Gasteiger partial charge is 0.398 e. The van der Waals surface area contributed by atoms with Crippen LogP contribution in [0.2, 0.25) is 0 Å². The summed E-state index contributed by atoms with van der Waals surface area (Å²) in [5.74, 6) is -44.1. The average molecular weight is 645 g/mol. The van der Waals surface area contributed by atoms with E-state index < -0.39 is 70.3 Å². The molecule has 0 amide bonds. The summed E-state index contributed by atoms with van der Waals surface area (Å²) in [5.41, 5.74) is 7.93. The first-order chi connectivity index (χ1) is 20.2. The van der Waals surface area contributed by atoms with Crippen LogP contribution in [0.25, 0.3) is 0 Å². The monoisotopic (exact) mass is 644 g/mol. The van der Waals surface area contributed by atoms with Crippen molar-refractivity contribution in [1.29, 1.82) is 0 Å². The summed E-state index contributed by atoms with van der Waals surface area (Å²) < 4.78 is 182. The standard InChI is InChI=1S/C30H28F12N2/c31-25(32,17-9-19(13-1-2-13)23(43)20(10-17)14-3-4-14)27(35,36)29(39,40)30(41,42)28(37,38)26(33,34)18-11-21(15-5-6-15)24(44)22(12-18)16-7-8-16/h9-16H,1-8,43-44H2. The number of nitrogens with two attached hydrogens (primary N) is 2. The summed E-state index contributed by atoms with van der Waals surface area (Å²) in [6.07, 6.45) is 3.26. The van der Waals surface area contributed by atoms with Crippen LogP contribution in [-0.2, 0) is 11.8 Å². The Hall–Kier alpha value is -2.80. The highest BCUT2D eigenvalue weighted by molar-refractivity contribution is 5.62. The lowest BCUT2D eigenvalue weighted by atomic mass is 9.84. The molecule has 242 valence electrons. The van der Waals surface area contributed by atoms with Gasteiger partial charge in [-0.2, -0.15) is 52.7 Å². The zero-order chi connectivity index (χ0) is 32.4. The number of anilines is 2. The Morgan fingerprint density at radius 1 is 0.386 bits per heavy atom. The van der Waals surface area contributed by atoms with Crippen molar-refractivity contribution in [2.24, 2.45) is 0 Å². The van der Waals surface area contributed by atoms with Crippen LogP contribution in [0, 0.1) is 0 Å². The van der Waals surface area contributed by atoms with E-state index in [9.17, 15) is 17.6 Å². The Kier molecular flexibility index (Phi) is 6.64. The van der Waals surface area contributed by atoms with Gasteiger partial charge in [0.15, 0.2) is 0 Å². The van der Waals surface area contributed by atoms with Gasteiger partial charge in [0.05, 0.1) is 0 Å². The highest BCUT2D eigenvalue weighted by atomic mass is 19.4. The van der Waals surface area contributed by atoms with Crippen molar-refractivity contribution in [3.05, 3.63) is 57.6 Å². The number of alkyl halides is 12. The molecule has 44 heavy (non-hydrogen) atoms. The molecule has 0 radical (unpaired) electrons. The van der Waals surface area contributed by atoms with Crippen LogP contribution in [0.5, 0.6) is 0 Å². The number of hydrogen-bond acceptors (Lipinski definition) is 2. The summed E-state index contributed by atoms with van der Waals surface area (Å²) in [7, 11) is 0. The van der Waals surface area contributed by atoms with Crippen molar-refractivity contribution in [2.45, 2.75) is 111 Å². The Bertz CT molecular complexity index is 1310. The van der Waals surface area contributed by atoms with E-state index in [1.54, 1.807) is 0 Å². The van der Waals surface area contributed by atoms with Crippen LogP contribution in [0.1, 0.15) is 108 Å². The molecule has 2 aromatic rings. The van der Waals surface area contributed by atoms with Crippen molar-refractivity contribution >= 4 is 11.4 Å². The molecule has 4 saturated carbocycles. The van der Waals surface area contributed by atoms with Gasteiger partial charge in [-0.25, -0.2) is 0 Å². The third kappa shape index (κ3) is 4.39. The number of benzene rings is 2. The van der Waals surface area contributed by atoms with E-state index in [4.69, 9.17) is 11.5 Å². The third-order valence-electron chi connectivity index (χ3n) is 9.25. The van der Waals surface area contributed by atoms with Crippen LogP contribution >= 0.6 is 0 Å². The highest BCUT2D eigenvalue weighted by Crippen LogP contribution is 2.64. The van der Waals surface area contributed by atoms with Gasteiger partial charge in [0, 0.05) is 22.5 Å². The van der Waals surface area contributed by atoms with E-state index in [1.807, 2.05) is 0 Å². The minimum atomic E-state index is -7.66. The maximum atomic E-state index is 15.3. The molecule has 0 aromatic heterocycles. The van der Waals surface area contributed by atoms with Crippen LogP contribution in [-0.4, -0.2) is 23.7 Å². The molecule has 4 aliphatic carbocycles. The lowest BCUT2D eigenvalue weighted by Crippen LogP contribution is -2.69. The molecule has 6 rings (SSSR count). The molecule has 0 spiro atoms. The van der Waals surface area contributed by atoms with E-state index in [-0.39, 0.29) is 33.6 Å². The number of halogens is 12. The molecular formula is C30H28F12N2. The molecule has 0 heterocycles. The number of hydrogen-bond donors (Lipinski definition) is 2. The lowest BCUT2D eigenvalue weighted by Gasteiger charge is -2.41. The van der Waals surface area contributed by atoms with Crippen molar-refractivity contribution in [3.63, 3.8) is 0 Å². The van der Waals surface area contributed by atoms with E-state index >= 15 is 35.1 Å². The van der Waals surface area contributed by atoms with E-state index in [0.717, 1.165) is 0 Å². The van der Waals surface area contributed by atoms with Crippen molar-refractivity contribution < 1.29 is 52.7 Å². The normalized spacial score (nSPS) is 20.7. The quantitative estimate of drug-likeness (QED) is 0.189. The highest BCUT2D eigenvalue weighted by Gasteiger charge is 2.90. The van der Waals surface area contributed by atoms with Gasteiger partial charge in [0.1, 0.15) is 0 Å². The average Bonchev–Trinajstić information content (AvgIpc) is 3.78. The Labute approximate surface area is 244 Å². The molecule has 4 fully saturated rings. The summed E-state index contributed by atoms with van der Waals surface area (Å²) in [6, 6.07) is 1.50. The molecule has 0 saturated heterocycles. The fourth-order valence-corrected chi connectivity index (χ4v) is 5.84. The van der Waals surface area contributed by atoms with Gasteiger partial charge in [-0.15, -0.1) is 0 Å². The molecule has 0 unspecified atom stereocenters. The zero-order valence-corrected chi connectivity index (χ0v) is 23.0. The lowest BCUT2D eigenvalue weighted by molar-refractivity contribution is -0.429. The Morgan fingerprint density at radius 3 is 0.773 bits per heavy atom. The van der Waals surface area contributed by atoms with E-state index in [2.05, 4.69) is 0 Å². The summed E-state index contributed by atoms with van der Waals surface area (Å²) in [6.45, 7) is 0. The predicted octanol–water partition coefficient (Wildman–Crippen LogP) is 9.79. The van der Waals surface area contributed by atoms with Gasteiger partial charge in [-0.1, -0.05) is 0 Å². The maximum Gasteiger partial charge on any atom is 0.385 e. The minimum Gasteiger partial charge on any atom is -0.398 e. The fourth-order valence-electron chi connectivity index (χ4n) is 5.84. The van der Waals surface area contributed by atoms with Crippen molar-refractivity contribution in [3.8, 4) is 0 Å².